The zero-order chi connectivity index (χ0) is 27.0. The number of hydrogen-bond donors (Lipinski definition) is 6. The van der Waals surface area contributed by atoms with Crippen molar-refractivity contribution >= 4 is 51.8 Å². The van der Waals surface area contributed by atoms with Crippen molar-refractivity contribution in [1.82, 2.24) is 10.3 Å². The molecule has 0 saturated heterocycles. The van der Waals surface area contributed by atoms with Crippen molar-refractivity contribution in [3.63, 3.8) is 0 Å². The van der Waals surface area contributed by atoms with Gasteiger partial charge < -0.3 is 36.0 Å². The summed E-state index contributed by atoms with van der Waals surface area (Å²) < 4.78 is 31.7. The van der Waals surface area contributed by atoms with E-state index in [1.165, 1.54) is 6.20 Å². The third-order valence-corrected chi connectivity index (χ3v) is 4.49. The molecule has 192 valence electrons. The van der Waals surface area contributed by atoms with Crippen LogP contribution in [0.15, 0.2) is 48.7 Å². The molecule has 0 aliphatic heterocycles. The molecule has 0 aliphatic rings. The van der Waals surface area contributed by atoms with Gasteiger partial charge in [-0.1, -0.05) is 0 Å². The molecule has 0 fully saturated rings. The van der Waals surface area contributed by atoms with Crippen molar-refractivity contribution in [2.24, 2.45) is 0 Å². The van der Waals surface area contributed by atoms with Crippen LogP contribution in [-0.2, 0) is 9.59 Å². The number of hydrogen-bond acceptors (Lipinski definition) is 5. The van der Waals surface area contributed by atoms with Gasteiger partial charge in [0.1, 0.15) is 0 Å². The van der Waals surface area contributed by atoms with Crippen LogP contribution in [0.5, 0.6) is 0 Å². The molecule has 3 aromatic rings. The molecule has 14 heteroatoms. The summed E-state index contributed by atoms with van der Waals surface area (Å²) in [4.78, 5) is 49.0. The van der Waals surface area contributed by atoms with Crippen LogP contribution in [0.3, 0.4) is 0 Å². The van der Waals surface area contributed by atoms with Gasteiger partial charge in [-0.25, -0.2) is 14.4 Å². The number of carbonyl (C=O) groups excluding carboxylic acids is 2. The number of fused-ring (bicyclic) bond motifs is 1. The summed E-state index contributed by atoms with van der Waals surface area (Å²) in [5.41, 5.74) is 2.81. The van der Waals surface area contributed by atoms with Gasteiger partial charge in [-0.3, -0.25) is 4.79 Å². The topological polar surface area (TPSA) is 164 Å². The Balaban J connectivity index is 0.000000572. The number of urea groups is 1. The summed E-state index contributed by atoms with van der Waals surface area (Å²) in [5.74, 6) is -4.25. The van der Waals surface area contributed by atoms with E-state index < -0.39 is 30.1 Å². The molecule has 0 saturated carbocycles. The van der Waals surface area contributed by atoms with Crippen LogP contribution in [0, 0.1) is 0 Å². The standard InChI is InChI=1S/C20H21N5O4.C2HF3O2/c1-25(2)14-6-3-12(4-7-14)24-20(29)22-11-18(26)23-13-5-8-17-15(9-13)16(10-21-17)19(27)28;3-2(4,5)1(6)7/h3-10,21H,11H2,1-2H3,(H,23,26)(H,27,28)(H2,22,24,29);(H,6,7). The molecule has 0 atom stereocenters. The lowest BCUT2D eigenvalue weighted by atomic mass is 10.1. The first-order valence-corrected chi connectivity index (χ1v) is 10.0. The number of aliphatic carboxylic acids is 1. The number of halogens is 3. The van der Waals surface area contributed by atoms with Crippen molar-refractivity contribution in [3.05, 3.63) is 54.2 Å². The number of nitrogens with one attached hydrogen (secondary N) is 4. The highest BCUT2D eigenvalue weighted by atomic mass is 19.4. The summed E-state index contributed by atoms with van der Waals surface area (Å²) in [6.07, 6.45) is -3.68. The number of H-pyrrole nitrogens is 1. The molecule has 3 amide bonds. The van der Waals surface area contributed by atoms with E-state index in [9.17, 15) is 32.7 Å². The maximum atomic E-state index is 12.1. The second-order valence-corrected chi connectivity index (χ2v) is 7.37. The van der Waals surface area contributed by atoms with Crippen LogP contribution >= 0.6 is 0 Å². The molecule has 36 heavy (non-hydrogen) atoms. The van der Waals surface area contributed by atoms with Gasteiger partial charge in [0.25, 0.3) is 0 Å². The smallest absolute Gasteiger partial charge is 0.478 e. The molecule has 3 rings (SSSR count). The molecule has 0 spiro atoms. The number of aromatic nitrogens is 1. The minimum Gasteiger partial charge on any atom is -0.478 e. The fourth-order valence-electron chi connectivity index (χ4n) is 2.76. The summed E-state index contributed by atoms with van der Waals surface area (Å²) in [5, 5.41) is 24.6. The summed E-state index contributed by atoms with van der Waals surface area (Å²) >= 11 is 0. The Morgan fingerprint density at radius 1 is 0.944 bits per heavy atom. The number of nitrogens with zero attached hydrogens (tertiary/aromatic N) is 1. The van der Waals surface area contributed by atoms with E-state index in [0.29, 0.717) is 22.3 Å². The van der Waals surface area contributed by atoms with Crippen LogP contribution in [-0.4, -0.2) is 65.9 Å². The molecule has 0 bridgehead atoms. The zero-order valence-corrected chi connectivity index (χ0v) is 18.9. The van der Waals surface area contributed by atoms with E-state index in [1.54, 1.807) is 30.3 Å². The average Bonchev–Trinajstić information content (AvgIpc) is 3.21. The number of aromatic amines is 1. The van der Waals surface area contributed by atoms with E-state index in [1.807, 2.05) is 31.1 Å². The Morgan fingerprint density at radius 3 is 2.06 bits per heavy atom. The van der Waals surface area contributed by atoms with E-state index in [2.05, 4.69) is 20.9 Å². The monoisotopic (exact) mass is 509 g/mol. The highest BCUT2D eigenvalue weighted by Gasteiger charge is 2.38. The van der Waals surface area contributed by atoms with Crippen molar-refractivity contribution < 1.29 is 42.6 Å². The number of carboxylic acid groups (broad SMARTS) is 2. The van der Waals surface area contributed by atoms with Crippen LogP contribution in [0.1, 0.15) is 10.4 Å². The van der Waals surface area contributed by atoms with Crippen molar-refractivity contribution in [2.75, 3.05) is 36.2 Å². The fraction of sp³-hybridized carbons (Fsp3) is 0.182. The lowest BCUT2D eigenvalue weighted by molar-refractivity contribution is -0.192. The predicted molar refractivity (Wildman–Crippen MR) is 125 cm³/mol. The summed E-state index contributed by atoms with van der Waals surface area (Å²) in [6.45, 7) is -0.238. The number of rotatable bonds is 6. The minimum atomic E-state index is -5.08. The van der Waals surface area contributed by atoms with Gasteiger partial charge in [0.2, 0.25) is 5.91 Å². The van der Waals surface area contributed by atoms with Gasteiger partial charge >= 0.3 is 24.1 Å². The summed E-state index contributed by atoms with van der Waals surface area (Å²) in [7, 11) is 3.84. The summed E-state index contributed by atoms with van der Waals surface area (Å²) in [6, 6.07) is 11.6. The quantitative estimate of drug-likeness (QED) is 0.297. The molecule has 2 aromatic carbocycles. The zero-order valence-electron chi connectivity index (χ0n) is 18.9. The predicted octanol–water partition coefficient (Wildman–Crippen LogP) is 3.33. The van der Waals surface area contributed by atoms with Crippen LogP contribution in [0.4, 0.5) is 35.0 Å². The van der Waals surface area contributed by atoms with E-state index in [4.69, 9.17) is 9.90 Å². The molecular formula is C22H22F3N5O6. The molecule has 6 N–H and O–H groups in total. The fourth-order valence-corrected chi connectivity index (χ4v) is 2.76. The molecular weight excluding hydrogens is 487 g/mol. The van der Waals surface area contributed by atoms with E-state index in [-0.39, 0.29) is 12.1 Å². The molecule has 0 unspecified atom stereocenters. The van der Waals surface area contributed by atoms with Crippen molar-refractivity contribution in [1.29, 1.82) is 0 Å². The molecule has 0 radical (unpaired) electrons. The van der Waals surface area contributed by atoms with E-state index in [0.717, 1.165) is 5.69 Å². The largest absolute Gasteiger partial charge is 0.490 e. The van der Waals surface area contributed by atoms with Gasteiger partial charge in [-0.15, -0.1) is 0 Å². The number of anilines is 3. The number of aromatic carboxylic acids is 1. The number of carbonyl (C=O) groups is 4. The molecule has 1 heterocycles. The molecule has 1 aromatic heterocycles. The maximum absolute atomic E-state index is 12.1. The number of benzene rings is 2. The molecule has 11 nitrogen and oxygen atoms in total. The van der Waals surface area contributed by atoms with Crippen LogP contribution in [0.25, 0.3) is 10.9 Å². The van der Waals surface area contributed by atoms with Crippen LogP contribution in [0.2, 0.25) is 0 Å². The Kier molecular flexibility index (Phi) is 8.85. The van der Waals surface area contributed by atoms with Gasteiger partial charge in [-0.2, -0.15) is 13.2 Å². The first kappa shape index (κ1) is 27.5. The second-order valence-electron chi connectivity index (χ2n) is 7.37. The van der Waals surface area contributed by atoms with Crippen molar-refractivity contribution in [2.45, 2.75) is 6.18 Å². The molecule has 0 aliphatic carbocycles. The van der Waals surface area contributed by atoms with Gasteiger partial charge in [0.15, 0.2) is 0 Å². The number of carboxylic acids is 2. The normalized spacial score (nSPS) is 10.6. The highest BCUT2D eigenvalue weighted by Crippen LogP contribution is 2.22. The first-order chi connectivity index (χ1) is 16.8. The van der Waals surface area contributed by atoms with E-state index >= 15 is 0 Å². The average molecular weight is 509 g/mol. The maximum Gasteiger partial charge on any atom is 0.490 e. The second kappa shape index (κ2) is 11.6. The Morgan fingerprint density at radius 2 is 1.53 bits per heavy atom. The van der Waals surface area contributed by atoms with Gasteiger partial charge in [0.05, 0.1) is 12.1 Å². The highest BCUT2D eigenvalue weighted by molar-refractivity contribution is 6.05. The first-order valence-electron chi connectivity index (χ1n) is 10.0. The Hall–Kier alpha value is -4.75. The SMILES string of the molecule is CN(C)c1ccc(NC(=O)NCC(=O)Nc2ccc3[nH]cc(C(=O)O)c3c2)cc1.O=C(O)C(F)(F)F. The third-order valence-electron chi connectivity index (χ3n) is 4.49. The Labute approximate surface area is 201 Å². The van der Waals surface area contributed by atoms with Crippen LogP contribution < -0.4 is 20.9 Å². The van der Waals surface area contributed by atoms with Crippen molar-refractivity contribution in [3.8, 4) is 0 Å². The third kappa shape index (κ3) is 7.93. The number of amides is 3. The van der Waals surface area contributed by atoms with Gasteiger partial charge in [-0.05, 0) is 42.5 Å². The lowest BCUT2D eigenvalue weighted by Gasteiger charge is -2.13. The lowest BCUT2D eigenvalue weighted by Crippen LogP contribution is -2.35. The number of alkyl halides is 3. The Bertz CT molecular complexity index is 1260. The minimum absolute atomic E-state index is 0.119. The van der Waals surface area contributed by atoms with Gasteiger partial charge in [0, 0.05) is 48.3 Å².